The largest absolute Gasteiger partial charge is 0.480 e. The Bertz CT molecular complexity index is 2200. The monoisotopic (exact) mass is 1340 g/mol. The molecule has 25 N–H and O–H groups in total. The highest BCUT2D eigenvalue weighted by atomic mass is 32.2. The molecular formula is C48H80N2O37S2. The van der Waals surface area contributed by atoms with Crippen molar-refractivity contribution in [3.05, 3.63) is 0 Å². The lowest BCUT2D eigenvalue weighted by atomic mass is 9.95. The van der Waals surface area contributed by atoms with Gasteiger partial charge in [-0.25, -0.2) is 0 Å². The first-order valence-corrected chi connectivity index (χ1v) is 30.4. The number of carbonyl (C=O) groups is 2. The number of aliphatic hydroxyl groups excluding tert-OH is 19. The molecule has 39 nitrogen and oxygen atoms in total. The Morgan fingerprint density at radius 3 is 0.596 bits per heavy atom. The fourth-order valence-electron chi connectivity index (χ4n) is 11.2. The number of carboxylic acids is 2. The predicted octanol–water partition coefficient (Wildman–Crippen LogP) is -14.9. The first kappa shape index (κ1) is 73.1. The molecular weight excluding hydrogens is 1260 g/mol. The van der Waals surface area contributed by atoms with Crippen molar-refractivity contribution >= 4 is 35.5 Å². The van der Waals surface area contributed by atoms with Crippen LogP contribution in [0.3, 0.4) is 0 Å². The van der Waals surface area contributed by atoms with Crippen molar-refractivity contribution in [1.29, 1.82) is 0 Å². The first-order chi connectivity index (χ1) is 42.2. The second kappa shape index (κ2) is 31.9. The highest BCUT2D eigenvalue weighted by molar-refractivity contribution is 7.99. The minimum atomic E-state index is -2.27. The van der Waals surface area contributed by atoms with Gasteiger partial charge in [0.25, 0.3) is 0 Å². The molecule has 21 aliphatic heterocycles. The van der Waals surface area contributed by atoms with Gasteiger partial charge in [-0.3, -0.25) is 9.59 Å². The molecule has 0 aromatic heterocycles. The molecule has 41 heteroatoms. The van der Waals surface area contributed by atoms with E-state index < -0.39 is 284 Å². The standard InChI is InChI=1S/C48H80N2O37S2/c49-10(40(70)71)6-88-8-17-38-25(62)32(69)48(80-17)85-37-16(5-55)76-44(28(65)21(37)58)83-35-14(3-53)78-46(30(67)23(35)60)87-39-18(9-89-7-11(50)41(72)73)79-47(31(68)24(39)61)84-36-15(4-54)75-43(27(64)20(36)57)81-33-12(1-51)74-42(26(63)19(33)56)82-34-13(2-52)77-45(86-38)29(66)22(34)59/h10-39,42-48,51-69H,1-9,49-50H2,(H,70,71)(H,72,73)/t10-,11-,12?,13?,14?,15?,16?,17?,18?,19-,20-,21-,22-,23-,24-,25-,26?,27?,28?,29?,30?,31?,32?,33+,34+,35+,36+,37+,38+,39+,42+,43+,44-,45+,46-,47-,48+/m1/s1. The molecule has 14 unspecified atom stereocenters. The summed E-state index contributed by atoms with van der Waals surface area (Å²) in [7, 11) is 0. The van der Waals surface area contributed by atoms with Gasteiger partial charge in [0, 0.05) is 23.0 Å². The van der Waals surface area contributed by atoms with Crippen LogP contribution in [0.2, 0.25) is 0 Å². The molecule has 0 amide bonds. The van der Waals surface area contributed by atoms with Crippen molar-refractivity contribution in [2.45, 2.75) is 227 Å². The topological polar surface area (TPSA) is 640 Å². The van der Waals surface area contributed by atoms with Crippen LogP contribution >= 0.6 is 23.5 Å². The minimum absolute atomic E-state index is 0.319. The maximum Gasteiger partial charge on any atom is 0.321 e. The summed E-state index contributed by atoms with van der Waals surface area (Å²) in [5.41, 5.74) is 11.4. The Hall–Kier alpha value is -1.76. The molecule has 0 radical (unpaired) electrons. The van der Waals surface area contributed by atoms with Crippen molar-refractivity contribution in [1.82, 2.24) is 0 Å². The number of carboxylic acid groups (broad SMARTS) is 2. The molecule has 21 heterocycles. The molecule has 0 aromatic carbocycles. The molecule has 516 valence electrons. The predicted molar refractivity (Wildman–Crippen MR) is 280 cm³/mol. The van der Waals surface area contributed by atoms with Gasteiger partial charge in [-0.15, -0.1) is 0 Å². The summed E-state index contributed by atoms with van der Waals surface area (Å²) in [6.45, 7) is -5.43. The van der Waals surface area contributed by atoms with Gasteiger partial charge in [0.05, 0.1) is 45.2 Å². The van der Waals surface area contributed by atoms with Crippen LogP contribution < -0.4 is 11.5 Å². The van der Waals surface area contributed by atoms with E-state index in [1.165, 1.54) is 0 Å². The average Bonchev–Trinajstić information content (AvgIpc) is 0.884. The number of hydrogen-bond donors (Lipinski definition) is 23. The lowest BCUT2D eigenvalue weighted by Crippen LogP contribution is -2.68. The van der Waals surface area contributed by atoms with Gasteiger partial charge in [0.15, 0.2) is 44.0 Å². The van der Waals surface area contributed by atoms with Gasteiger partial charge >= 0.3 is 11.9 Å². The van der Waals surface area contributed by atoms with E-state index in [1.54, 1.807) is 0 Å². The Labute approximate surface area is 511 Å². The van der Waals surface area contributed by atoms with Crippen LogP contribution in [0.4, 0.5) is 0 Å². The zero-order chi connectivity index (χ0) is 65.2. The molecule has 0 aromatic rings. The van der Waals surface area contributed by atoms with Gasteiger partial charge in [0.2, 0.25) is 0 Å². The van der Waals surface area contributed by atoms with E-state index in [0.29, 0.717) is 0 Å². The van der Waals surface area contributed by atoms with Crippen LogP contribution in [0.1, 0.15) is 0 Å². The van der Waals surface area contributed by atoms with Gasteiger partial charge in [-0.2, -0.15) is 23.5 Å². The summed E-state index contributed by atoms with van der Waals surface area (Å²) in [5.74, 6) is -4.26. The van der Waals surface area contributed by atoms with Crippen molar-refractivity contribution in [3.63, 3.8) is 0 Å². The van der Waals surface area contributed by atoms with E-state index in [-0.39, 0.29) is 11.5 Å². The summed E-state index contributed by atoms with van der Waals surface area (Å²) in [4.78, 5) is 23.2. The van der Waals surface area contributed by atoms with E-state index in [2.05, 4.69) is 0 Å². The van der Waals surface area contributed by atoms with E-state index in [1.807, 2.05) is 0 Å². The molecule has 21 fully saturated rings. The third-order valence-electron chi connectivity index (χ3n) is 16.2. The van der Waals surface area contributed by atoms with Gasteiger partial charge < -0.3 is 185 Å². The van der Waals surface area contributed by atoms with Crippen molar-refractivity contribution in [2.75, 3.05) is 56.0 Å². The van der Waals surface area contributed by atoms with Crippen molar-refractivity contribution in [3.8, 4) is 0 Å². The molecule has 0 spiro atoms. The van der Waals surface area contributed by atoms with Gasteiger partial charge in [-0.1, -0.05) is 0 Å². The highest BCUT2D eigenvalue weighted by Gasteiger charge is 2.60. The van der Waals surface area contributed by atoms with Crippen LogP contribution in [0.15, 0.2) is 0 Å². The second-order valence-corrected chi connectivity index (χ2v) is 24.4. The maximum atomic E-state index is 11.7. The van der Waals surface area contributed by atoms with Gasteiger partial charge in [-0.05, 0) is 0 Å². The molecule has 89 heavy (non-hydrogen) atoms. The number of aliphatic carboxylic acids is 2. The molecule has 37 atom stereocenters. The Morgan fingerprint density at radius 2 is 0.438 bits per heavy atom. The summed E-state index contributed by atoms with van der Waals surface area (Å²) in [5, 5.41) is 233. The van der Waals surface area contributed by atoms with Gasteiger partial charge in [0.1, 0.15) is 171 Å². The Balaban J connectivity index is 1.11. The Morgan fingerprint density at radius 1 is 0.281 bits per heavy atom. The smallest absolute Gasteiger partial charge is 0.321 e. The summed E-state index contributed by atoms with van der Waals surface area (Å²) >= 11 is 1.60. The summed E-state index contributed by atoms with van der Waals surface area (Å²) in [6.07, 6.45) is -71.4. The number of ether oxygens (including phenoxy) is 14. The number of hydrogen-bond acceptors (Lipinski definition) is 39. The first-order valence-electron chi connectivity index (χ1n) is 28.1. The Kier molecular flexibility index (Phi) is 26.2. The van der Waals surface area contributed by atoms with Crippen molar-refractivity contribution in [2.24, 2.45) is 11.5 Å². The second-order valence-electron chi connectivity index (χ2n) is 22.3. The van der Waals surface area contributed by atoms with Crippen LogP contribution in [-0.4, -0.2) is 402 Å². The van der Waals surface area contributed by atoms with E-state index >= 15 is 0 Å². The average molecular weight is 1340 g/mol. The third-order valence-corrected chi connectivity index (χ3v) is 18.5. The lowest BCUT2D eigenvalue weighted by Gasteiger charge is -2.50. The molecule has 14 bridgehead atoms. The summed E-state index contributed by atoms with van der Waals surface area (Å²) in [6, 6.07) is -2.94. The zero-order valence-electron chi connectivity index (χ0n) is 46.6. The van der Waals surface area contributed by atoms with Crippen LogP contribution in [0, 0.1) is 0 Å². The lowest BCUT2D eigenvalue weighted by molar-refractivity contribution is -0.395. The summed E-state index contributed by atoms with van der Waals surface area (Å²) < 4.78 is 81.6. The van der Waals surface area contributed by atoms with E-state index in [4.69, 9.17) is 77.8 Å². The highest BCUT2D eigenvalue weighted by Crippen LogP contribution is 2.40. The fourth-order valence-corrected chi connectivity index (χ4v) is 13.2. The number of rotatable bonds is 15. The number of nitrogens with two attached hydrogens (primary N) is 2. The zero-order valence-corrected chi connectivity index (χ0v) is 48.3. The van der Waals surface area contributed by atoms with Crippen LogP contribution in [0.5, 0.6) is 0 Å². The molecule has 0 saturated carbocycles. The molecule has 0 aliphatic carbocycles. The van der Waals surface area contributed by atoms with Crippen LogP contribution in [0.25, 0.3) is 0 Å². The minimum Gasteiger partial charge on any atom is -0.480 e. The normalized spacial score (nSPS) is 50.1. The number of aliphatic hydroxyl groups is 19. The van der Waals surface area contributed by atoms with E-state index in [9.17, 15) is 117 Å². The van der Waals surface area contributed by atoms with E-state index in [0.717, 1.165) is 23.5 Å². The van der Waals surface area contributed by atoms with Crippen molar-refractivity contribution < 1.29 is 183 Å². The molecule has 21 aliphatic rings. The van der Waals surface area contributed by atoms with Crippen LogP contribution in [-0.2, 0) is 75.9 Å². The maximum absolute atomic E-state index is 11.7. The molecule has 21 saturated heterocycles. The molecule has 21 rings (SSSR count). The third kappa shape index (κ3) is 15.9. The fraction of sp³-hybridized carbons (Fsp3) is 0.958. The quantitative estimate of drug-likeness (QED) is 0.0724. The SMILES string of the molecule is N[C@H](CSCC1O[C@@H]2O[C@H]3C(CO)O[C@@H](O[C@H]4C(CO)O[C@@H](O[C@H]5C(CO)O[C@@H](O[C@H]6C(CSC[C@@H](N)C(=O)O)O[C@@H](O[C@H]7C(CO)O[C@H](O[C@H]8C(CO)O[C@H](O[C@@H]1[C@H](O)C2O)C(O)[C@H]8O)C(O)[C@H]7O)C(O)[C@H]6O)C(O)[C@H]5O)C(O)[C@H]4O)C(O)[C@H]3O)C(=O)O. The number of thioether (sulfide) groups is 2.